The maximum Gasteiger partial charge on any atom is 0.143 e. The van der Waals surface area contributed by atoms with Crippen molar-refractivity contribution in [2.24, 2.45) is 7.05 Å². The van der Waals surface area contributed by atoms with Crippen LogP contribution in [-0.2, 0) is 7.05 Å². The largest absolute Gasteiger partial charge is 0.497 e. The molecule has 0 saturated heterocycles. The molecule has 5 heteroatoms. The lowest BCUT2D eigenvalue weighted by molar-refractivity contribution is 0.415. The lowest BCUT2D eigenvalue weighted by Gasteiger charge is -2.06. The fraction of sp³-hybridized carbons (Fsp3) is 0.133. The number of fused-ring (bicyclic) bond motifs is 1. The highest BCUT2D eigenvalue weighted by molar-refractivity contribution is 6.39. The smallest absolute Gasteiger partial charge is 0.143 e. The van der Waals surface area contributed by atoms with E-state index in [1.165, 1.54) is 0 Å². The van der Waals surface area contributed by atoms with Crippen LogP contribution in [0.15, 0.2) is 36.4 Å². The zero-order valence-corrected chi connectivity index (χ0v) is 12.5. The van der Waals surface area contributed by atoms with Gasteiger partial charge in [-0.05, 0) is 24.3 Å². The van der Waals surface area contributed by atoms with Gasteiger partial charge in [0, 0.05) is 13.1 Å². The lowest BCUT2D eigenvalue weighted by atomic mass is 10.2. The Morgan fingerprint density at radius 2 is 1.80 bits per heavy atom. The van der Waals surface area contributed by atoms with Crippen molar-refractivity contribution in [3.8, 4) is 17.1 Å². The van der Waals surface area contributed by atoms with Crippen LogP contribution in [0.1, 0.15) is 0 Å². The first kappa shape index (κ1) is 13.3. The van der Waals surface area contributed by atoms with Crippen molar-refractivity contribution < 1.29 is 4.74 Å². The third-order valence-electron chi connectivity index (χ3n) is 3.27. The molecule has 3 nitrogen and oxygen atoms in total. The second-order valence-electron chi connectivity index (χ2n) is 4.45. The van der Waals surface area contributed by atoms with E-state index in [4.69, 9.17) is 27.9 Å². The molecule has 20 heavy (non-hydrogen) atoms. The predicted molar refractivity (Wildman–Crippen MR) is 82.7 cm³/mol. The Morgan fingerprint density at radius 1 is 1.10 bits per heavy atom. The summed E-state index contributed by atoms with van der Waals surface area (Å²) >= 11 is 12.5. The van der Waals surface area contributed by atoms with E-state index in [-0.39, 0.29) is 0 Å². The fourth-order valence-electron chi connectivity index (χ4n) is 2.24. The Labute approximate surface area is 126 Å². The highest BCUT2D eigenvalue weighted by Gasteiger charge is 2.16. The van der Waals surface area contributed by atoms with Crippen LogP contribution in [0.4, 0.5) is 0 Å². The number of hydrogen-bond acceptors (Lipinski definition) is 2. The van der Waals surface area contributed by atoms with Gasteiger partial charge in [0.05, 0.1) is 33.8 Å². The van der Waals surface area contributed by atoms with Gasteiger partial charge in [-0.1, -0.05) is 29.3 Å². The van der Waals surface area contributed by atoms with Gasteiger partial charge in [-0.3, -0.25) is 0 Å². The molecule has 0 aliphatic heterocycles. The van der Waals surface area contributed by atoms with E-state index in [0.29, 0.717) is 10.0 Å². The first-order valence-corrected chi connectivity index (χ1v) is 6.82. The number of rotatable bonds is 2. The molecule has 0 N–H and O–H groups in total. The van der Waals surface area contributed by atoms with Crippen LogP contribution in [0, 0.1) is 0 Å². The number of aromatic nitrogens is 2. The van der Waals surface area contributed by atoms with Crippen molar-refractivity contribution in [2.45, 2.75) is 0 Å². The minimum Gasteiger partial charge on any atom is -0.497 e. The van der Waals surface area contributed by atoms with E-state index in [2.05, 4.69) is 4.98 Å². The number of ether oxygens (including phenoxy) is 1. The predicted octanol–water partition coefficient (Wildman–Crippen LogP) is 4.56. The molecule has 0 bridgehead atoms. The minimum atomic E-state index is 0.586. The molecule has 0 aliphatic carbocycles. The van der Waals surface area contributed by atoms with Crippen LogP contribution in [0.3, 0.4) is 0 Å². The minimum absolute atomic E-state index is 0.586. The lowest BCUT2D eigenvalue weighted by Crippen LogP contribution is -1.94. The normalized spacial score (nSPS) is 11.0. The molecule has 0 atom stereocenters. The Bertz CT molecular complexity index is 776. The molecule has 2 aromatic carbocycles. The van der Waals surface area contributed by atoms with Gasteiger partial charge in [0.25, 0.3) is 0 Å². The van der Waals surface area contributed by atoms with Gasteiger partial charge in [0.1, 0.15) is 11.6 Å². The Balaban J connectivity index is 2.29. The SMILES string of the molecule is COc1ccc2c(c1)nc(-c1c(Cl)cccc1Cl)n2C. The quantitative estimate of drug-likeness (QED) is 0.694. The molecule has 0 unspecified atom stereocenters. The molecule has 0 spiro atoms. The first-order valence-electron chi connectivity index (χ1n) is 6.06. The monoisotopic (exact) mass is 306 g/mol. The fourth-order valence-corrected chi connectivity index (χ4v) is 2.81. The highest BCUT2D eigenvalue weighted by atomic mass is 35.5. The molecule has 1 heterocycles. The second-order valence-corrected chi connectivity index (χ2v) is 5.26. The third-order valence-corrected chi connectivity index (χ3v) is 3.90. The van der Waals surface area contributed by atoms with E-state index in [1.807, 2.05) is 48.0 Å². The number of hydrogen-bond donors (Lipinski definition) is 0. The Morgan fingerprint density at radius 3 is 2.45 bits per heavy atom. The molecule has 102 valence electrons. The number of nitrogens with zero attached hydrogens (tertiary/aromatic N) is 2. The maximum atomic E-state index is 6.26. The number of benzene rings is 2. The van der Waals surface area contributed by atoms with Gasteiger partial charge in [-0.15, -0.1) is 0 Å². The molecular formula is C15H12Cl2N2O. The number of methoxy groups -OCH3 is 1. The summed E-state index contributed by atoms with van der Waals surface area (Å²) < 4.78 is 7.20. The number of imidazole rings is 1. The second kappa shape index (κ2) is 5.00. The summed E-state index contributed by atoms with van der Waals surface area (Å²) in [5.74, 6) is 1.51. The van der Waals surface area contributed by atoms with Crippen molar-refractivity contribution in [1.29, 1.82) is 0 Å². The van der Waals surface area contributed by atoms with Gasteiger partial charge in [-0.25, -0.2) is 4.98 Å². The van der Waals surface area contributed by atoms with Crippen LogP contribution in [-0.4, -0.2) is 16.7 Å². The summed E-state index contributed by atoms with van der Waals surface area (Å²) in [7, 11) is 3.58. The first-order chi connectivity index (χ1) is 9.61. The third kappa shape index (κ3) is 2.03. The molecular weight excluding hydrogens is 295 g/mol. The highest BCUT2D eigenvalue weighted by Crippen LogP contribution is 2.35. The van der Waals surface area contributed by atoms with Gasteiger partial charge in [-0.2, -0.15) is 0 Å². The van der Waals surface area contributed by atoms with Crippen LogP contribution < -0.4 is 4.74 Å². The van der Waals surface area contributed by atoms with Crippen molar-refractivity contribution in [1.82, 2.24) is 9.55 Å². The maximum absolute atomic E-state index is 6.26. The zero-order valence-electron chi connectivity index (χ0n) is 11.0. The van der Waals surface area contributed by atoms with E-state index in [0.717, 1.165) is 28.2 Å². The van der Waals surface area contributed by atoms with Crippen molar-refractivity contribution in [3.63, 3.8) is 0 Å². The van der Waals surface area contributed by atoms with Gasteiger partial charge >= 0.3 is 0 Å². The average molecular weight is 307 g/mol. The standard InChI is InChI=1S/C15H12Cl2N2O/c1-19-13-7-6-9(20-2)8-12(13)18-15(19)14-10(16)4-3-5-11(14)17/h3-8H,1-2H3. The molecule has 0 radical (unpaired) electrons. The average Bonchev–Trinajstić information content (AvgIpc) is 2.75. The molecule has 1 aromatic heterocycles. The summed E-state index contributed by atoms with van der Waals surface area (Å²) in [6.45, 7) is 0. The van der Waals surface area contributed by atoms with Gasteiger partial charge in [0.15, 0.2) is 0 Å². The van der Waals surface area contributed by atoms with Crippen LogP contribution in [0.25, 0.3) is 22.4 Å². The summed E-state index contributed by atoms with van der Waals surface area (Å²) in [6, 6.07) is 11.2. The van der Waals surface area contributed by atoms with Gasteiger partial charge < -0.3 is 9.30 Å². The summed E-state index contributed by atoms with van der Waals surface area (Å²) in [6.07, 6.45) is 0. The summed E-state index contributed by atoms with van der Waals surface area (Å²) in [4.78, 5) is 4.63. The van der Waals surface area contributed by atoms with Crippen LogP contribution in [0.5, 0.6) is 5.75 Å². The molecule has 3 rings (SSSR count). The Kier molecular flexibility index (Phi) is 3.32. The van der Waals surface area contributed by atoms with Crippen LogP contribution >= 0.6 is 23.2 Å². The number of aryl methyl sites for hydroxylation is 1. The van der Waals surface area contributed by atoms with Gasteiger partial charge in [0.2, 0.25) is 0 Å². The molecule has 0 aliphatic rings. The van der Waals surface area contributed by atoms with Crippen LogP contribution in [0.2, 0.25) is 10.0 Å². The van der Waals surface area contributed by atoms with E-state index < -0.39 is 0 Å². The summed E-state index contributed by atoms with van der Waals surface area (Å²) in [5, 5.41) is 1.17. The van der Waals surface area contributed by atoms with Crippen molar-refractivity contribution in [2.75, 3.05) is 7.11 Å². The molecule has 0 amide bonds. The molecule has 0 saturated carbocycles. The Hall–Kier alpha value is -1.71. The zero-order chi connectivity index (χ0) is 14.3. The van der Waals surface area contributed by atoms with Crippen molar-refractivity contribution in [3.05, 3.63) is 46.4 Å². The summed E-state index contributed by atoms with van der Waals surface area (Å²) in [5.41, 5.74) is 2.59. The van der Waals surface area contributed by atoms with E-state index in [9.17, 15) is 0 Å². The van der Waals surface area contributed by atoms with E-state index >= 15 is 0 Å². The molecule has 3 aromatic rings. The molecule has 0 fully saturated rings. The van der Waals surface area contributed by atoms with E-state index in [1.54, 1.807) is 7.11 Å². The van der Waals surface area contributed by atoms with Crippen molar-refractivity contribution >= 4 is 34.2 Å². The topological polar surface area (TPSA) is 27.1 Å². The number of halogens is 2.